The number of carbonyl (C=O) groups excluding carboxylic acids is 6. The van der Waals surface area contributed by atoms with E-state index in [9.17, 15) is 53.5 Å². The third kappa shape index (κ3) is 31.1. The van der Waals surface area contributed by atoms with Crippen LogP contribution in [0.3, 0.4) is 0 Å². The zero-order valence-corrected chi connectivity index (χ0v) is 44.2. The Morgan fingerprint density at radius 2 is 1.17 bits per heavy atom. The Hall–Kier alpha value is -0.865. The molecule has 0 aromatic heterocycles. The number of carbonyl (C=O) groups is 6. The van der Waals surface area contributed by atoms with Crippen molar-refractivity contribution >= 4 is 43.6 Å². The molecule has 1 heterocycles. The van der Waals surface area contributed by atoms with E-state index in [2.05, 4.69) is 19.2 Å². The van der Waals surface area contributed by atoms with E-state index in [0.717, 1.165) is 64.2 Å². The van der Waals surface area contributed by atoms with Gasteiger partial charge < -0.3 is 58.4 Å². The number of unbranched alkanes of at least 4 members (excludes halogenated alkanes) is 12. The third-order valence-corrected chi connectivity index (χ3v) is 12.4. The first-order chi connectivity index (χ1) is 30.1. The molecule has 1 amide bonds. The fourth-order valence-electron chi connectivity index (χ4n) is 8.12. The van der Waals surface area contributed by atoms with Crippen LogP contribution in [-0.2, 0) is 51.9 Å². The second kappa shape index (κ2) is 38.0. The molecule has 0 aromatic carbocycles. The first-order valence-electron chi connectivity index (χ1n) is 23.1. The number of hydrogen-bond acceptors (Lipinski definition) is 18. The zero-order chi connectivity index (χ0) is 46.5. The Labute approximate surface area is 440 Å². The standard InChI is InChI=1S/C43H77N4O15P.Gd.Na/c1-3-5-7-9-11-13-15-17-41(54)59-32-37(62-42(55)18-16-14-12-10-8-6-4-2)33-61-63(57,58)60-26-23-44-43(56)34-19-21-35(22-20-34)47(31-40(52)53)36-27-45(29-38(48)49)24-25-46(28-36)30-39(50)51;;/h34-37H,3-33H2,1-2H3,(H,44,56)(H,48,49)(H,50,51)(H,52,53)(H,57,58);;/q;+3;+1/p-4. The molecular formula is C43H73GdN4NaO15P. The summed E-state index contributed by atoms with van der Waals surface area (Å²) in [7, 11) is -4.95. The number of hydrogen-bond donors (Lipinski definition) is 1. The summed E-state index contributed by atoms with van der Waals surface area (Å²) >= 11 is 0. The predicted octanol–water partition coefficient (Wildman–Crippen LogP) is -2.56. The smallest absolute Gasteiger partial charge is 0.756 e. The van der Waals surface area contributed by atoms with Crippen molar-refractivity contribution < 1.29 is 142 Å². The molecule has 1 saturated carbocycles. The summed E-state index contributed by atoms with van der Waals surface area (Å²) in [6, 6.07) is -0.887. The first kappa shape index (κ1) is 64.1. The summed E-state index contributed by atoms with van der Waals surface area (Å²) < 4.78 is 33.4. The van der Waals surface area contributed by atoms with Gasteiger partial charge in [0.2, 0.25) is 5.91 Å². The molecule has 2 atom stereocenters. The van der Waals surface area contributed by atoms with Gasteiger partial charge in [-0.25, -0.2) is 0 Å². The molecule has 2 unspecified atom stereocenters. The van der Waals surface area contributed by atoms with Crippen molar-refractivity contribution in [2.75, 3.05) is 72.2 Å². The molecule has 0 spiro atoms. The van der Waals surface area contributed by atoms with Crippen LogP contribution in [0.2, 0.25) is 0 Å². The Bertz CT molecular complexity index is 1400. The Kier molecular flexibility index (Phi) is 37.5. The summed E-state index contributed by atoms with van der Waals surface area (Å²) in [5.41, 5.74) is 0. The van der Waals surface area contributed by atoms with E-state index in [0.29, 0.717) is 38.5 Å². The van der Waals surface area contributed by atoms with Gasteiger partial charge in [0.05, 0.1) is 31.1 Å². The molecule has 22 heteroatoms. The fraction of sp³-hybridized carbons (Fsp3) is 0.860. The van der Waals surface area contributed by atoms with Crippen molar-refractivity contribution in [3.8, 4) is 0 Å². The third-order valence-electron chi connectivity index (χ3n) is 11.5. The Morgan fingerprint density at radius 1 is 0.677 bits per heavy atom. The maximum Gasteiger partial charge on any atom is 3.00 e. The van der Waals surface area contributed by atoms with Crippen LogP contribution in [0.4, 0.5) is 0 Å². The Balaban J connectivity index is 0.0000205. The summed E-state index contributed by atoms with van der Waals surface area (Å²) in [4.78, 5) is 90.2. The van der Waals surface area contributed by atoms with Crippen LogP contribution in [0.5, 0.6) is 0 Å². The maximum absolute atomic E-state index is 13.1. The van der Waals surface area contributed by atoms with Crippen molar-refractivity contribution in [1.82, 2.24) is 20.0 Å². The van der Waals surface area contributed by atoms with Gasteiger partial charge in [-0.3, -0.25) is 33.6 Å². The van der Waals surface area contributed by atoms with Gasteiger partial charge in [-0.2, -0.15) is 0 Å². The topological polar surface area (TPSA) is 270 Å². The van der Waals surface area contributed by atoms with Gasteiger partial charge in [-0.1, -0.05) is 90.9 Å². The van der Waals surface area contributed by atoms with Gasteiger partial charge >= 0.3 is 81.4 Å². The zero-order valence-electron chi connectivity index (χ0n) is 39.0. The summed E-state index contributed by atoms with van der Waals surface area (Å²) in [6.07, 6.45) is 14.8. The van der Waals surface area contributed by atoms with Gasteiger partial charge in [0, 0.05) is 83.2 Å². The van der Waals surface area contributed by atoms with E-state index >= 15 is 0 Å². The van der Waals surface area contributed by atoms with Crippen molar-refractivity contribution in [2.24, 2.45) is 5.92 Å². The minimum absolute atomic E-state index is 0. The second-order valence-electron chi connectivity index (χ2n) is 16.8. The van der Waals surface area contributed by atoms with Crippen molar-refractivity contribution in [2.45, 2.75) is 160 Å². The van der Waals surface area contributed by atoms with Gasteiger partial charge in [-0.15, -0.1) is 0 Å². The van der Waals surface area contributed by atoms with Crippen LogP contribution in [-0.4, -0.2) is 141 Å². The SMILES string of the molecule is CCCCCCCCCC(=O)OCC(COP(=O)([O-])OCCNC(=O)C1CCC(N(CC(=O)[O-])C2CN(CC(=O)[O-])CCN(CC(=O)[O-])C2)CC1)OC(=O)CCCCCCCCC.[Gd+3].[Na+]. The van der Waals surface area contributed by atoms with E-state index < -0.39 is 88.6 Å². The minimum atomic E-state index is -4.95. The first-order valence-corrected chi connectivity index (χ1v) is 24.6. The summed E-state index contributed by atoms with van der Waals surface area (Å²) in [6.45, 7) is 2.09. The molecular weight excluding hydrogens is 1020 g/mol. The van der Waals surface area contributed by atoms with Crippen molar-refractivity contribution in [3.05, 3.63) is 0 Å². The number of amides is 1. The van der Waals surface area contributed by atoms with Gasteiger partial charge in [0.15, 0.2) is 6.10 Å². The number of aliphatic carboxylic acids is 3. The van der Waals surface area contributed by atoms with Gasteiger partial charge in [0.25, 0.3) is 7.82 Å². The summed E-state index contributed by atoms with van der Waals surface area (Å²) in [5, 5.41) is 37.3. The molecule has 0 bridgehead atoms. The number of ether oxygens (including phenoxy) is 2. The summed E-state index contributed by atoms with van der Waals surface area (Å²) in [5.74, 6) is -5.86. The predicted molar refractivity (Wildman–Crippen MR) is 223 cm³/mol. The normalized spacial score (nSPS) is 18.6. The number of carboxylic acid groups (broad SMARTS) is 3. The van der Waals surface area contributed by atoms with Crippen LogP contribution in [0.25, 0.3) is 0 Å². The van der Waals surface area contributed by atoms with E-state index in [1.807, 2.05) is 0 Å². The average Bonchev–Trinajstić information content (AvgIpc) is 3.42. The largest absolute Gasteiger partial charge is 3.00 e. The van der Waals surface area contributed by atoms with Gasteiger partial charge in [-0.05, 0) is 38.5 Å². The minimum Gasteiger partial charge on any atom is -0.756 e. The number of phosphoric ester groups is 1. The number of nitrogens with one attached hydrogen (secondary N) is 1. The van der Waals surface area contributed by atoms with E-state index in [1.54, 1.807) is 14.7 Å². The van der Waals surface area contributed by atoms with Crippen LogP contribution >= 0.6 is 7.82 Å². The quantitative estimate of drug-likeness (QED) is 0.0296. The van der Waals surface area contributed by atoms with E-state index in [4.69, 9.17) is 18.5 Å². The molecule has 1 aliphatic carbocycles. The fourth-order valence-corrected chi connectivity index (χ4v) is 8.85. The average molecular weight is 1100 g/mol. The molecule has 1 aliphatic heterocycles. The molecule has 1 saturated heterocycles. The Morgan fingerprint density at radius 3 is 1.66 bits per heavy atom. The van der Waals surface area contributed by atoms with Crippen LogP contribution < -0.4 is 55.1 Å². The van der Waals surface area contributed by atoms with Crippen molar-refractivity contribution in [1.29, 1.82) is 0 Å². The number of rotatable bonds is 35. The number of phosphoric acid groups is 1. The second-order valence-corrected chi connectivity index (χ2v) is 18.2. The molecule has 19 nitrogen and oxygen atoms in total. The molecule has 65 heavy (non-hydrogen) atoms. The van der Waals surface area contributed by atoms with Crippen LogP contribution in [0.1, 0.15) is 142 Å². The monoisotopic (exact) mass is 1100 g/mol. The molecule has 2 fully saturated rings. The van der Waals surface area contributed by atoms with Crippen LogP contribution in [0.15, 0.2) is 0 Å². The van der Waals surface area contributed by atoms with Crippen LogP contribution in [0, 0.1) is 45.9 Å². The van der Waals surface area contributed by atoms with E-state index in [1.165, 1.54) is 12.8 Å². The molecule has 369 valence electrons. The molecule has 1 N–H and O–H groups in total. The molecule has 2 rings (SSSR count). The number of esters is 2. The molecule has 2 aliphatic rings. The number of nitrogens with zero attached hydrogens (tertiary/aromatic N) is 3. The van der Waals surface area contributed by atoms with Crippen molar-refractivity contribution in [3.63, 3.8) is 0 Å². The molecule has 0 aromatic rings. The van der Waals surface area contributed by atoms with E-state index in [-0.39, 0.29) is 134 Å². The maximum atomic E-state index is 13.1. The van der Waals surface area contributed by atoms with Gasteiger partial charge in [0.1, 0.15) is 6.61 Å². The molecule has 1 radical (unpaired) electrons. The number of carboxylic acids is 3.